The minimum Gasteiger partial charge on any atom is -0.476 e. The van der Waals surface area contributed by atoms with Crippen LogP contribution in [0.4, 0.5) is 0 Å². The molecule has 138 valence electrons. The zero-order valence-corrected chi connectivity index (χ0v) is 15.2. The smallest absolute Gasteiger partial charge is 0.356 e. The summed E-state index contributed by atoms with van der Waals surface area (Å²) in [5.74, 6) is -0.888. The minimum atomic E-state index is -0.888. The van der Waals surface area contributed by atoms with Crippen LogP contribution in [-0.2, 0) is 24.1 Å². The van der Waals surface area contributed by atoms with E-state index in [1.807, 2.05) is 4.68 Å². The van der Waals surface area contributed by atoms with Gasteiger partial charge in [0.25, 0.3) is 0 Å². The van der Waals surface area contributed by atoms with Gasteiger partial charge in [0.1, 0.15) is 0 Å². The lowest BCUT2D eigenvalue weighted by Gasteiger charge is -2.45. The molecule has 4 rings (SSSR count). The number of hydrogen-bond acceptors (Lipinski definition) is 4. The van der Waals surface area contributed by atoms with Crippen LogP contribution in [0.2, 0.25) is 0 Å². The molecular formula is C19H29N3O3. The van der Waals surface area contributed by atoms with Gasteiger partial charge in [0.05, 0.1) is 12.2 Å². The third-order valence-electron chi connectivity index (χ3n) is 6.27. The fourth-order valence-electron chi connectivity index (χ4n) is 5.06. The van der Waals surface area contributed by atoms with Crippen LogP contribution in [0.3, 0.4) is 0 Å². The second-order valence-corrected chi connectivity index (χ2v) is 7.91. The summed E-state index contributed by atoms with van der Waals surface area (Å²) in [6.45, 7) is 5.70. The summed E-state index contributed by atoms with van der Waals surface area (Å²) in [5, 5.41) is 14.0. The molecule has 6 heteroatoms. The molecule has 1 saturated carbocycles. The molecule has 1 aromatic heterocycles. The van der Waals surface area contributed by atoms with Crippen LogP contribution in [0.15, 0.2) is 0 Å². The predicted molar refractivity (Wildman–Crippen MR) is 94.0 cm³/mol. The zero-order chi connectivity index (χ0) is 17.4. The van der Waals surface area contributed by atoms with Gasteiger partial charge in [-0.1, -0.05) is 19.8 Å². The van der Waals surface area contributed by atoms with Gasteiger partial charge in [0.15, 0.2) is 5.69 Å². The van der Waals surface area contributed by atoms with Crippen molar-refractivity contribution < 1.29 is 14.6 Å². The van der Waals surface area contributed by atoms with Crippen LogP contribution in [-0.4, -0.2) is 57.1 Å². The van der Waals surface area contributed by atoms with E-state index in [4.69, 9.17) is 4.74 Å². The number of fused-ring (bicyclic) bond motifs is 1. The van der Waals surface area contributed by atoms with Gasteiger partial charge in [0, 0.05) is 36.9 Å². The van der Waals surface area contributed by atoms with Crippen LogP contribution in [0, 0.1) is 0 Å². The SMILES string of the molecule is CCCn1nc(C(=O)O)c2c1CC[C@@H](N1CCOC3(CCCC3)C1)C2. The quantitative estimate of drug-likeness (QED) is 0.906. The van der Waals surface area contributed by atoms with Gasteiger partial charge in [-0.25, -0.2) is 4.79 Å². The highest BCUT2D eigenvalue weighted by Gasteiger charge is 2.42. The van der Waals surface area contributed by atoms with E-state index in [-0.39, 0.29) is 11.3 Å². The van der Waals surface area contributed by atoms with Gasteiger partial charge < -0.3 is 9.84 Å². The van der Waals surface area contributed by atoms with Crippen LogP contribution in [0.1, 0.15) is 67.2 Å². The Morgan fingerprint density at radius 2 is 2.20 bits per heavy atom. The molecule has 1 spiro atoms. The molecule has 25 heavy (non-hydrogen) atoms. The standard InChI is InChI=1S/C19H29N3O3/c1-2-9-22-16-6-5-14(12-15(16)17(20-22)18(23)24)21-10-11-25-19(13-21)7-3-4-8-19/h14H,2-13H2,1H3,(H,23,24)/t14-/m1/s1. The van der Waals surface area contributed by atoms with Gasteiger partial charge in [-0.15, -0.1) is 0 Å². The normalized spacial score (nSPS) is 26.0. The number of carboxylic acid groups (broad SMARTS) is 1. The van der Waals surface area contributed by atoms with Crippen molar-refractivity contribution >= 4 is 5.97 Å². The highest BCUT2D eigenvalue weighted by atomic mass is 16.5. The molecule has 3 aliphatic rings. The molecule has 0 bridgehead atoms. The number of morpholine rings is 1. The Morgan fingerprint density at radius 3 is 2.92 bits per heavy atom. The molecule has 2 fully saturated rings. The Hall–Kier alpha value is -1.40. The third-order valence-corrected chi connectivity index (χ3v) is 6.27. The van der Waals surface area contributed by atoms with Gasteiger partial charge in [-0.3, -0.25) is 9.58 Å². The molecule has 0 aromatic carbocycles. The van der Waals surface area contributed by atoms with Crippen molar-refractivity contribution in [1.29, 1.82) is 0 Å². The topological polar surface area (TPSA) is 67.6 Å². The lowest BCUT2D eigenvalue weighted by atomic mass is 9.88. The summed E-state index contributed by atoms with van der Waals surface area (Å²) < 4.78 is 8.10. The number of rotatable bonds is 4. The van der Waals surface area contributed by atoms with E-state index in [0.717, 1.165) is 63.2 Å². The molecule has 0 radical (unpaired) electrons. The summed E-state index contributed by atoms with van der Waals surface area (Å²) >= 11 is 0. The predicted octanol–water partition coefficient (Wildman–Crippen LogP) is 2.49. The fraction of sp³-hybridized carbons (Fsp3) is 0.789. The Kier molecular flexibility index (Phi) is 4.58. The van der Waals surface area contributed by atoms with Crippen molar-refractivity contribution in [1.82, 2.24) is 14.7 Å². The number of aromatic nitrogens is 2. The maximum absolute atomic E-state index is 11.7. The maximum Gasteiger partial charge on any atom is 0.356 e. The summed E-state index contributed by atoms with van der Waals surface area (Å²) in [7, 11) is 0. The Morgan fingerprint density at radius 1 is 1.40 bits per heavy atom. The van der Waals surface area contributed by atoms with E-state index in [2.05, 4.69) is 16.9 Å². The van der Waals surface area contributed by atoms with E-state index in [0.29, 0.717) is 6.04 Å². The molecule has 2 aliphatic carbocycles. The summed E-state index contributed by atoms with van der Waals surface area (Å²) in [6.07, 6.45) is 8.72. The Bertz CT molecular complexity index is 649. The number of carboxylic acids is 1. The van der Waals surface area contributed by atoms with Gasteiger partial charge in [-0.05, 0) is 38.5 Å². The number of ether oxygens (including phenoxy) is 1. The molecule has 0 amide bonds. The van der Waals surface area contributed by atoms with E-state index >= 15 is 0 Å². The number of aromatic carboxylic acids is 1. The summed E-state index contributed by atoms with van der Waals surface area (Å²) in [5.41, 5.74) is 2.47. The lowest BCUT2D eigenvalue weighted by Crippen LogP contribution is -2.54. The molecule has 1 atom stereocenters. The molecule has 0 unspecified atom stereocenters. The van der Waals surface area contributed by atoms with Crippen molar-refractivity contribution in [3.05, 3.63) is 17.0 Å². The van der Waals surface area contributed by atoms with E-state index in [1.54, 1.807) is 0 Å². The van der Waals surface area contributed by atoms with Crippen LogP contribution < -0.4 is 0 Å². The highest BCUT2D eigenvalue weighted by molar-refractivity contribution is 5.87. The number of nitrogens with zero attached hydrogens (tertiary/aromatic N) is 3. The van der Waals surface area contributed by atoms with Gasteiger partial charge >= 0.3 is 5.97 Å². The average molecular weight is 347 g/mol. The second kappa shape index (κ2) is 6.72. The largest absolute Gasteiger partial charge is 0.476 e. The molecule has 1 N–H and O–H groups in total. The van der Waals surface area contributed by atoms with Crippen LogP contribution in [0.5, 0.6) is 0 Å². The van der Waals surface area contributed by atoms with Crippen molar-refractivity contribution in [3.8, 4) is 0 Å². The van der Waals surface area contributed by atoms with Crippen LogP contribution >= 0.6 is 0 Å². The number of carbonyl (C=O) groups is 1. The Labute approximate surface area is 149 Å². The molecule has 1 aliphatic heterocycles. The van der Waals surface area contributed by atoms with Gasteiger partial charge in [0.2, 0.25) is 0 Å². The highest BCUT2D eigenvalue weighted by Crippen LogP contribution is 2.38. The fourth-order valence-corrected chi connectivity index (χ4v) is 5.06. The third kappa shape index (κ3) is 3.10. The number of aryl methyl sites for hydroxylation is 1. The number of hydrogen-bond donors (Lipinski definition) is 1. The lowest BCUT2D eigenvalue weighted by molar-refractivity contribution is -0.115. The van der Waals surface area contributed by atoms with E-state index < -0.39 is 5.97 Å². The second-order valence-electron chi connectivity index (χ2n) is 7.91. The van der Waals surface area contributed by atoms with Crippen molar-refractivity contribution in [2.75, 3.05) is 19.7 Å². The minimum absolute atomic E-state index is 0.0700. The van der Waals surface area contributed by atoms with Crippen molar-refractivity contribution in [3.63, 3.8) is 0 Å². The van der Waals surface area contributed by atoms with Crippen LogP contribution in [0.25, 0.3) is 0 Å². The summed E-state index contributed by atoms with van der Waals surface area (Å²) in [4.78, 5) is 14.2. The first-order chi connectivity index (χ1) is 12.1. The maximum atomic E-state index is 11.7. The molecule has 2 heterocycles. The van der Waals surface area contributed by atoms with Gasteiger partial charge in [-0.2, -0.15) is 5.10 Å². The molecule has 1 aromatic rings. The van der Waals surface area contributed by atoms with E-state index in [1.165, 1.54) is 25.7 Å². The molecule has 1 saturated heterocycles. The van der Waals surface area contributed by atoms with Crippen molar-refractivity contribution in [2.24, 2.45) is 0 Å². The van der Waals surface area contributed by atoms with Crippen molar-refractivity contribution in [2.45, 2.75) is 76.5 Å². The first kappa shape index (κ1) is 17.0. The molecular weight excluding hydrogens is 318 g/mol. The van der Waals surface area contributed by atoms with E-state index in [9.17, 15) is 9.90 Å². The average Bonchev–Trinajstić information content (AvgIpc) is 3.20. The first-order valence-corrected chi connectivity index (χ1v) is 9.82. The monoisotopic (exact) mass is 347 g/mol. The zero-order valence-electron chi connectivity index (χ0n) is 15.2. The first-order valence-electron chi connectivity index (χ1n) is 9.82. The Balaban J connectivity index is 1.55. The summed E-state index contributed by atoms with van der Waals surface area (Å²) in [6, 6.07) is 0.422. The molecule has 6 nitrogen and oxygen atoms in total.